The van der Waals surface area contributed by atoms with Crippen LogP contribution in [-0.4, -0.2) is 24.8 Å². The van der Waals surface area contributed by atoms with Gasteiger partial charge in [0.25, 0.3) is 0 Å². The molecule has 23 heavy (non-hydrogen) atoms. The van der Waals surface area contributed by atoms with Crippen molar-refractivity contribution in [2.45, 2.75) is 29.9 Å². The number of rotatable bonds is 8. The summed E-state index contributed by atoms with van der Waals surface area (Å²) < 4.78 is 5.34. The van der Waals surface area contributed by atoms with Gasteiger partial charge in [0.1, 0.15) is 5.75 Å². The molecule has 0 spiro atoms. The fraction of sp³-hybridized carbons (Fsp3) is 0.316. The van der Waals surface area contributed by atoms with E-state index in [-0.39, 0.29) is 11.2 Å². The van der Waals surface area contributed by atoms with E-state index in [4.69, 9.17) is 4.74 Å². The molecular weight excluding hydrogens is 306 g/mol. The number of hydrogen-bond acceptors (Lipinski definition) is 3. The lowest BCUT2D eigenvalue weighted by molar-refractivity contribution is -0.120. The maximum atomic E-state index is 12.1. The monoisotopic (exact) mass is 329 g/mol. The number of nitrogens with one attached hydrogen (secondary N) is 1. The fourth-order valence-electron chi connectivity index (χ4n) is 2.30. The van der Waals surface area contributed by atoms with Crippen LogP contribution in [0.5, 0.6) is 5.75 Å². The third-order valence-electron chi connectivity index (χ3n) is 3.54. The molecule has 1 amide bonds. The van der Waals surface area contributed by atoms with Crippen molar-refractivity contribution in [2.24, 2.45) is 0 Å². The Labute approximate surface area is 142 Å². The molecule has 0 aliphatic heterocycles. The van der Waals surface area contributed by atoms with Crippen LogP contribution in [0.25, 0.3) is 0 Å². The van der Waals surface area contributed by atoms with Crippen molar-refractivity contribution in [1.82, 2.24) is 5.32 Å². The van der Waals surface area contributed by atoms with Crippen LogP contribution in [0.4, 0.5) is 0 Å². The van der Waals surface area contributed by atoms with Gasteiger partial charge in [-0.05, 0) is 43.5 Å². The molecular formula is C19H23NO2S. The van der Waals surface area contributed by atoms with E-state index in [1.165, 1.54) is 5.56 Å². The number of hydrogen-bond donors (Lipinski definition) is 1. The Morgan fingerprint density at radius 3 is 2.57 bits per heavy atom. The third kappa shape index (κ3) is 5.64. The summed E-state index contributed by atoms with van der Waals surface area (Å²) in [5.74, 6) is 0.991. The van der Waals surface area contributed by atoms with Crippen molar-refractivity contribution >= 4 is 17.7 Å². The average molecular weight is 329 g/mol. The second-order valence-electron chi connectivity index (χ2n) is 5.28. The molecule has 0 bridgehead atoms. The van der Waals surface area contributed by atoms with Gasteiger partial charge in [0.05, 0.1) is 12.4 Å². The van der Waals surface area contributed by atoms with Crippen molar-refractivity contribution in [1.29, 1.82) is 0 Å². The molecule has 3 nitrogen and oxygen atoms in total. The summed E-state index contributed by atoms with van der Waals surface area (Å²) in [7, 11) is 1.68. The number of amides is 1. The number of carbonyl (C=O) groups is 1. The molecule has 1 N–H and O–H groups in total. The van der Waals surface area contributed by atoms with Crippen LogP contribution in [0.2, 0.25) is 0 Å². The summed E-state index contributed by atoms with van der Waals surface area (Å²) in [6.45, 7) is 2.61. The van der Waals surface area contributed by atoms with Crippen LogP contribution in [0.3, 0.4) is 0 Å². The maximum Gasteiger partial charge on any atom is 0.233 e. The number of aryl methyl sites for hydroxylation is 1. The van der Waals surface area contributed by atoms with Gasteiger partial charge in [-0.25, -0.2) is 0 Å². The maximum absolute atomic E-state index is 12.1. The van der Waals surface area contributed by atoms with E-state index < -0.39 is 0 Å². The highest BCUT2D eigenvalue weighted by molar-refractivity contribution is 8.00. The Hall–Kier alpha value is -1.94. The summed E-state index contributed by atoms with van der Waals surface area (Å²) >= 11 is 1.58. The van der Waals surface area contributed by atoms with Gasteiger partial charge >= 0.3 is 0 Å². The minimum Gasteiger partial charge on any atom is -0.496 e. The van der Waals surface area contributed by atoms with Crippen LogP contribution in [0.15, 0.2) is 59.5 Å². The topological polar surface area (TPSA) is 38.3 Å². The van der Waals surface area contributed by atoms with E-state index in [2.05, 4.69) is 11.4 Å². The molecule has 0 heterocycles. The Morgan fingerprint density at radius 1 is 1.13 bits per heavy atom. The van der Waals surface area contributed by atoms with Gasteiger partial charge in [0.2, 0.25) is 5.91 Å². The molecule has 0 unspecified atom stereocenters. The molecule has 0 fully saturated rings. The predicted molar refractivity (Wildman–Crippen MR) is 96.1 cm³/mol. The minimum absolute atomic E-state index is 0.0823. The summed E-state index contributed by atoms with van der Waals surface area (Å²) in [4.78, 5) is 13.2. The first-order valence-corrected chi connectivity index (χ1v) is 8.70. The van der Waals surface area contributed by atoms with Crippen LogP contribution < -0.4 is 10.1 Å². The zero-order valence-electron chi connectivity index (χ0n) is 13.6. The molecule has 1 atom stereocenters. The largest absolute Gasteiger partial charge is 0.496 e. The highest BCUT2D eigenvalue weighted by atomic mass is 32.2. The molecule has 2 rings (SSSR count). The standard InChI is InChI=1S/C19H23NO2S/c1-15(23-17-11-4-3-5-12-17)19(21)20-14-8-10-16-9-6-7-13-18(16)22-2/h3-7,9,11-13,15H,8,10,14H2,1-2H3,(H,20,21)/t15-/m1/s1. The lowest BCUT2D eigenvalue weighted by Gasteiger charge is -2.12. The van der Waals surface area contributed by atoms with Gasteiger partial charge < -0.3 is 10.1 Å². The van der Waals surface area contributed by atoms with Crippen LogP contribution in [0, 0.1) is 0 Å². The van der Waals surface area contributed by atoms with Gasteiger partial charge in [-0.1, -0.05) is 36.4 Å². The van der Waals surface area contributed by atoms with Crippen LogP contribution >= 0.6 is 11.8 Å². The molecule has 2 aromatic rings. The fourth-order valence-corrected chi connectivity index (χ4v) is 3.21. The first-order valence-electron chi connectivity index (χ1n) is 7.82. The number of benzene rings is 2. The second kappa shape index (κ2) is 9.26. The predicted octanol–water partition coefficient (Wildman–Crippen LogP) is 3.92. The van der Waals surface area contributed by atoms with Crippen molar-refractivity contribution < 1.29 is 9.53 Å². The van der Waals surface area contributed by atoms with Gasteiger partial charge in [0.15, 0.2) is 0 Å². The average Bonchev–Trinajstić information content (AvgIpc) is 2.59. The quantitative estimate of drug-likeness (QED) is 0.589. The Morgan fingerprint density at radius 2 is 1.83 bits per heavy atom. The normalized spacial score (nSPS) is 11.7. The molecule has 0 aromatic heterocycles. The van der Waals surface area contributed by atoms with Crippen LogP contribution in [-0.2, 0) is 11.2 Å². The van der Waals surface area contributed by atoms with Gasteiger partial charge in [-0.15, -0.1) is 11.8 Å². The summed E-state index contributed by atoms with van der Waals surface area (Å²) in [5, 5.41) is 2.92. The molecule has 0 radical (unpaired) electrons. The number of para-hydroxylation sites is 1. The zero-order chi connectivity index (χ0) is 16.5. The SMILES string of the molecule is COc1ccccc1CCCNC(=O)[C@@H](C)Sc1ccccc1. The molecule has 0 saturated carbocycles. The number of thioether (sulfide) groups is 1. The Kier molecular flexibility index (Phi) is 7.01. The van der Waals surface area contributed by atoms with E-state index >= 15 is 0 Å². The third-order valence-corrected chi connectivity index (χ3v) is 4.65. The highest BCUT2D eigenvalue weighted by Crippen LogP contribution is 2.22. The highest BCUT2D eigenvalue weighted by Gasteiger charge is 2.13. The van der Waals surface area contributed by atoms with Gasteiger partial charge in [-0.2, -0.15) is 0 Å². The van der Waals surface area contributed by atoms with E-state index in [0.717, 1.165) is 23.5 Å². The summed E-state index contributed by atoms with van der Waals surface area (Å²) in [6, 6.07) is 18.0. The first kappa shape index (κ1) is 17.4. The molecule has 122 valence electrons. The number of methoxy groups -OCH3 is 1. The molecule has 0 aliphatic rings. The number of ether oxygens (including phenoxy) is 1. The zero-order valence-corrected chi connectivity index (χ0v) is 14.4. The first-order chi connectivity index (χ1) is 11.2. The summed E-state index contributed by atoms with van der Waals surface area (Å²) in [6.07, 6.45) is 1.79. The lowest BCUT2D eigenvalue weighted by atomic mass is 10.1. The van der Waals surface area contributed by atoms with E-state index in [9.17, 15) is 4.79 Å². The second-order valence-corrected chi connectivity index (χ2v) is 6.69. The Bertz CT molecular complexity index is 616. The van der Waals surface area contributed by atoms with Crippen LogP contribution in [0.1, 0.15) is 18.9 Å². The van der Waals surface area contributed by atoms with Crippen molar-refractivity contribution in [3.8, 4) is 5.75 Å². The summed E-state index contributed by atoms with van der Waals surface area (Å²) in [5.41, 5.74) is 1.18. The molecule has 0 saturated heterocycles. The molecule has 4 heteroatoms. The Balaban J connectivity index is 1.72. The van der Waals surface area contributed by atoms with Gasteiger partial charge in [0, 0.05) is 11.4 Å². The van der Waals surface area contributed by atoms with Crippen molar-refractivity contribution in [3.05, 3.63) is 60.2 Å². The number of carbonyl (C=O) groups excluding carboxylic acids is 1. The van der Waals surface area contributed by atoms with E-state index in [1.807, 2.05) is 55.5 Å². The lowest BCUT2D eigenvalue weighted by Crippen LogP contribution is -2.31. The van der Waals surface area contributed by atoms with E-state index in [1.54, 1.807) is 18.9 Å². The molecule has 0 aliphatic carbocycles. The smallest absolute Gasteiger partial charge is 0.233 e. The van der Waals surface area contributed by atoms with Crippen molar-refractivity contribution in [2.75, 3.05) is 13.7 Å². The van der Waals surface area contributed by atoms with Gasteiger partial charge in [-0.3, -0.25) is 4.79 Å². The molecule has 2 aromatic carbocycles. The van der Waals surface area contributed by atoms with Crippen molar-refractivity contribution in [3.63, 3.8) is 0 Å². The van der Waals surface area contributed by atoms with E-state index in [0.29, 0.717) is 6.54 Å². The minimum atomic E-state index is -0.0938.